The highest BCUT2D eigenvalue weighted by Gasteiger charge is 2.20. The minimum atomic E-state index is -0.530. The van der Waals surface area contributed by atoms with Gasteiger partial charge in [0.1, 0.15) is 5.75 Å². The van der Waals surface area contributed by atoms with Gasteiger partial charge in [0.15, 0.2) is 0 Å². The molecule has 0 bridgehead atoms. The Labute approximate surface area is 147 Å². The van der Waals surface area contributed by atoms with E-state index < -0.39 is 12.1 Å². The predicted molar refractivity (Wildman–Crippen MR) is 95.6 cm³/mol. The highest BCUT2D eigenvalue weighted by molar-refractivity contribution is 5.89. The number of para-hydroxylation sites is 1. The van der Waals surface area contributed by atoms with Crippen LogP contribution in [0.15, 0.2) is 54.6 Å². The Morgan fingerprint density at radius 3 is 2.52 bits per heavy atom. The summed E-state index contributed by atoms with van der Waals surface area (Å²) in [6, 6.07) is 15.4. The van der Waals surface area contributed by atoms with Crippen molar-refractivity contribution in [2.45, 2.75) is 19.4 Å². The lowest BCUT2D eigenvalue weighted by Crippen LogP contribution is -2.34. The lowest BCUT2D eigenvalue weighted by atomic mass is 10.0. The molecule has 0 aliphatic rings. The van der Waals surface area contributed by atoms with E-state index in [0.717, 1.165) is 5.56 Å². The zero-order valence-electron chi connectivity index (χ0n) is 14.3. The van der Waals surface area contributed by atoms with Gasteiger partial charge in [-0.2, -0.15) is 0 Å². The predicted octanol–water partition coefficient (Wildman–Crippen LogP) is 3.51. The molecular weight excluding hydrogens is 320 g/mol. The largest absolute Gasteiger partial charge is 0.497 e. The van der Waals surface area contributed by atoms with Crippen LogP contribution in [0, 0.1) is 0 Å². The SMILES string of the molecule is CCOC(=O)CC(NC(=O)Nc1ccccc1)c1cccc(OC)c1. The Bertz CT molecular complexity index is 704. The maximum atomic E-state index is 12.3. The number of anilines is 1. The van der Waals surface area contributed by atoms with Gasteiger partial charge in [-0.15, -0.1) is 0 Å². The van der Waals surface area contributed by atoms with Gasteiger partial charge in [-0.1, -0.05) is 30.3 Å². The molecule has 0 spiro atoms. The van der Waals surface area contributed by atoms with Crippen LogP contribution in [0.2, 0.25) is 0 Å². The number of hydrogen-bond donors (Lipinski definition) is 2. The molecule has 2 rings (SSSR count). The van der Waals surface area contributed by atoms with Crippen molar-refractivity contribution in [1.29, 1.82) is 0 Å². The van der Waals surface area contributed by atoms with Gasteiger partial charge in [-0.3, -0.25) is 4.79 Å². The summed E-state index contributed by atoms with van der Waals surface area (Å²) in [5.74, 6) is 0.270. The number of ether oxygens (including phenoxy) is 2. The van der Waals surface area contributed by atoms with Crippen LogP contribution in [-0.2, 0) is 9.53 Å². The molecule has 0 aliphatic heterocycles. The summed E-state index contributed by atoms with van der Waals surface area (Å²) < 4.78 is 10.2. The number of amides is 2. The third kappa shape index (κ3) is 5.84. The Kier molecular flexibility index (Phi) is 6.83. The molecule has 2 amide bonds. The highest BCUT2D eigenvalue weighted by atomic mass is 16.5. The first-order valence-electron chi connectivity index (χ1n) is 8.04. The maximum absolute atomic E-state index is 12.3. The lowest BCUT2D eigenvalue weighted by Gasteiger charge is -2.19. The maximum Gasteiger partial charge on any atom is 0.319 e. The fourth-order valence-electron chi connectivity index (χ4n) is 2.34. The molecule has 0 saturated carbocycles. The summed E-state index contributed by atoms with van der Waals surface area (Å²) >= 11 is 0. The van der Waals surface area contributed by atoms with Crippen molar-refractivity contribution in [2.24, 2.45) is 0 Å². The third-order valence-corrected chi connectivity index (χ3v) is 3.51. The molecule has 6 heteroatoms. The van der Waals surface area contributed by atoms with Gasteiger partial charge in [0.05, 0.1) is 26.2 Å². The molecule has 1 unspecified atom stereocenters. The molecule has 2 aromatic rings. The molecule has 1 atom stereocenters. The van der Waals surface area contributed by atoms with Crippen LogP contribution < -0.4 is 15.4 Å². The number of hydrogen-bond acceptors (Lipinski definition) is 4. The van der Waals surface area contributed by atoms with Crippen LogP contribution in [0.3, 0.4) is 0 Å². The van der Waals surface area contributed by atoms with E-state index in [-0.39, 0.29) is 12.4 Å². The fraction of sp³-hybridized carbons (Fsp3) is 0.263. The van der Waals surface area contributed by atoms with Gasteiger partial charge in [-0.25, -0.2) is 4.79 Å². The molecule has 0 fully saturated rings. The Balaban J connectivity index is 2.12. The molecule has 0 heterocycles. The molecule has 0 radical (unpaired) electrons. The second kappa shape index (κ2) is 9.32. The number of benzene rings is 2. The zero-order valence-corrected chi connectivity index (χ0v) is 14.3. The van der Waals surface area contributed by atoms with Crippen molar-refractivity contribution in [3.8, 4) is 5.75 Å². The Morgan fingerprint density at radius 2 is 1.84 bits per heavy atom. The number of carbonyl (C=O) groups is 2. The lowest BCUT2D eigenvalue weighted by molar-refractivity contribution is -0.143. The summed E-state index contributed by atoms with van der Waals surface area (Å²) in [6.45, 7) is 2.04. The van der Waals surface area contributed by atoms with Crippen molar-refractivity contribution >= 4 is 17.7 Å². The standard InChI is InChI=1S/C19H22N2O4/c1-3-25-18(22)13-17(14-8-7-11-16(12-14)24-2)21-19(23)20-15-9-5-4-6-10-15/h4-12,17H,3,13H2,1-2H3,(H2,20,21,23). The van der Waals surface area contributed by atoms with Crippen LogP contribution in [0.4, 0.5) is 10.5 Å². The fourth-order valence-corrected chi connectivity index (χ4v) is 2.34. The average molecular weight is 342 g/mol. The molecule has 25 heavy (non-hydrogen) atoms. The monoisotopic (exact) mass is 342 g/mol. The van der Waals surface area contributed by atoms with Crippen molar-refractivity contribution < 1.29 is 19.1 Å². The molecular formula is C19H22N2O4. The Morgan fingerprint density at radius 1 is 1.08 bits per heavy atom. The van der Waals surface area contributed by atoms with Gasteiger partial charge in [0, 0.05) is 5.69 Å². The van der Waals surface area contributed by atoms with E-state index in [0.29, 0.717) is 18.0 Å². The van der Waals surface area contributed by atoms with E-state index >= 15 is 0 Å². The number of rotatable bonds is 7. The zero-order chi connectivity index (χ0) is 18.1. The second-order valence-electron chi connectivity index (χ2n) is 5.30. The van der Waals surface area contributed by atoms with Crippen LogP contribution in [0.5, 0.6) is 5.75 Å². The van der Waals surface area contributed by atoms with Gasteiger partial charge in [0.25, 0.3) is 0 Å². The smallest absolute Gasteiger partial charge is 0.319 e. The van der Waals surface area contributed by atoms with E-state index in [1.807, 2.05) is 30.3 Å². The molecule has 2 aromatic carbocycles. The minimum Gasteiger partial charge on any atom is -0.497 e. The van der Waals surface area contributed by atoms with E-state index in [1.54, 1.807) is 38.3 Å². The highest BCUT2D eigenvalue weighted by Crippen LogP contribution is 2.22. The van der Waals surface area contributed by atoms with Gasteiger partial charge in [-0.05, 0) is 36.8 Å². The Hall–Kier alpha value is -3.02. The summed E-state index contributed by atoms with van der Waals surface area (Å²) in [4.78, 5) is 24.2. The first-order valence-corrected chi connectivity index (χ1v) is 8.04. The van der Waals surface area contributed by atoms with Crippen LogP contribution in [0.1, 0.15) is 24.9 Å². The van der Waals surface area contributed by atoms with Crippen LogP contribution >= 0.6 is 0 Å². The van der Waals surface area contributed by atoms with E-state index in [1.165, 1.54) is 0 Å². The summed E-state index contributed by atoms with van der Waals surface area (Å²) in [7, 11) is 1.56. The quantitative estimate of drug-likeness (QED) is 0.755. The van der Waals surface area contributed by atoms with Crippen molar-refractivity contribution in [2.75, 3.05) is 19.0 Å². The molecule has 2 N–H and O–H groups in total. The molecule has 0 aromatic heterocycles. The number of carbonyl (C=O) groups excluding carboxylic acids is 2. The van der Waals surface area contributed by atoms with Gasteiger partial charge in [0.2, 0.25) is 0 Å². The number of methoxy groups -OCH3 is 1. The van der Waals surface area contributed by atoms with E-state index in [4.69, 9.17) is 9.47 Å². The molecule has 132 valence electrons. The average Bonchev–Trinajstić information content (AvgIpc) is 2.62. The van der Waals surface area contributed by atoms with Gasteiger partial charge >= 0.3 is 12.0 Å². The molecule has 6 nitrogen and oxygen atoms in total. The normalized spacial score (nSPS) is 11.3. The second-order valence-corrected chi connectivity index (χ2v) is 5.30. The first-order chi connectivity index (χ1) is 12.1. The number of esters is 1. The minimum absolute atomic E-state index is 0.0310. The molecule has 0 saturated heterocycles. The van der Waals surface area contributed by atoms with Crippen molar-refractivity contribution in [1.82, 2.24) is 5.32 Å². The number of urea groups is 1. The first kappa shape index (κ1) is 18.3. The van der Waals surface area contributed by atoms with E-state index in [2.05, 4.69) is 10.6 Å². The van der Waals surface area contributed by atoms with Crippen molar-refractivity contribution in [3.63, 3.8) is 0 Å². The van der Waals surface area contributed by atoms with Gasteiger partial charge < -0.3 is 20.1 Å². The third-order valence-electron chi connectivity index (χ3n) is 3.51. The topological polar surface area (TPSA) is 76.7 Å². The summed E-state index contributed by atoms with van der Waals surface area (Å²) in [5, 5.41) is 5.56. The van der Waals surface area contributed by atoms with Crippen molar-refractivity contribution in [3.05, 3.63) is 60.2 Å². The summed E-state index contributed by atoms with van der Waals surface area (Å²) in [6.07, 6.45) is 0.0310. The van der Waals surface area contributed by atoms with Crippen LogP contribution in [0.25, 0.3) is 0 Å². The molecule has 0 aliphatic carbocycles. The number of nitrogens with one attached hydrogen (secondary N) is 2. The van der Waals surface area contributed by atoms with Crippen LogP contribution in [-0.4, -0.2) is 25.7 Å². The van der Waals surface area contributed by atoms with E-state index in [9.17, 15) is 9.59 Å². The summed E-state index contributed by atoms with van der Waals surface area (Å²) in [5.41, 5.74) is 1.43.